The molecular formula is C13H13N3. The van der Waals surface area contributed by atoms with E-state index in [-0.39, 0.29) is 0 Å². The molecule has 0 spiro atoms. The maximum absolute atomic E-state index is 5.68. The highest BCUT2D eigenvalue weighted by molar-refractivity contribution is 5.68. The van der Waals surface area contributed by atoms with Crippen LogP contribution in [0, 0.1) is 0 Å². The van der Waals surface area contributed by atoms with E-state index in [9.17, 15) is 0 Å². The molecule has 0 bridgehead atoms. The molecule has 80 valence electrons. The Morgan fingerprint density at radius 3 is 2.75 bits per heavy atom. The Bertz CT molecular complexity index is 534. The van der Waals surface area contributed by atoms with E-state index in [4.69, 9.17) is 5.73 Å². The van der Waals surface area contributed by atoms with Crippen molar-refractivity contribution in [3.05, 3.63) is 41.5 Å². The number of rotatable bonds is 0. The first kappa shape index (κ1) is 9.33. The molecule has 0 radical (unpaired) electrons. The Balaban J connectivity index is 2.25. The van der Waals surface area contributed by atoms with Gasteiger partial charge < -0.3 is 5.73 Å². The van der Waals surface area contributed by atoms with Crippen LogP contribution in [0.4, 0.5) is 5.82 Å². The first-order valence-electron chi connectivity index (χ1n) is 5.55. The van der Waals surface area contributed by atoms with Gasteiger partial charge in [0.15, 0.2) is 0 Å². The van der Waals surface area contributed by atoms with Crippen LogP contribution < -0.4 is 5.73 Å². The van der Waals surface area contributed by atoms with Gasteiger partial charge in [-0.2, -0.15) is 0 Å². The summed E-state index contributed by atoms with van der Waals surface area (Å²) in [6, 6.07) is 10.4. The maximum Gasteiger partial charge on any atom is 0.146 e. The summed E-state index contributed by atoms with van der Waals surface area (Å²) in [5.41, 5.74) is 10.5. The second-order valence-electron chi connectivity index (χ2n) is 4.15. The van der Waals surface area contributed by atoms with Crippen molar-refractivity contribution in [2.24, 2.45) is 0 Å². The highest BCUT2D eigenvalue weighted by atomic mass is 15.1. The summed E-state index contributed by atoms with van der Waals surface area (Å²) in [5, 5.41) is 8.21. The monoisotopic (exact) mass is 211 g/mol. The topological polar surface area (TPSA) is 51.8 Å². The Kier molecular flexibility index (Phi) is 2.10. The molecule has 3 heteroatoms. The summed E-state index contributed by atoms with van der Waals surface area (Å²) in [6.07, 6.45) is 3.28. The van der Waals surface area contributed by atoms with E-state index >= 15 is 0 Å². The summed E-state index contributed by atoms with van der Waals surface area (Å²) >= 11 is 0. The Hall–Kier alpha value is -1.90. The Morgan fingerprint density at radius 1 is 1.00 bits per heavy atom. The molecule has 0 saturated carbocycles. The molecule has 0 aliphatic heterocycles. The fourth-order valence-electron chi connectivity index (χ4n) is 2.30. The largest absolute Gasteiger partial charge is 0.382 e. The lowest BCUT2D eigenvalue weighted by molar-refractivity contribution is 0.830. The lowest BCUT2D eigenvalue weighted by atomic mass is 10.0. The summed E-state index contributed by atoms with van der Waals surface area (Å²) in [6.45, 7) is 0. The van der Waals surface area contributed by atoms with Crippen molar-refractivity contribution in [1.29, 1.82) is 0 Å². The molecule has 16 heavy (non-hydrogen) atoms. The predicted molar refractivity (Wildman–Crippen MR) is 63.9 cm³/mol. The molecule has 1 aromatic heterocycles. The number of fused-ring (bicyclic) bond motifs is 3. The Morgan fingerprint density at radius 2 is 1.81 bits per heavy atom. The molecule has 2 N–H and O–H groups in total. The second-order valence-corrected chi connectivity index (χ2v) is 4.15. The fourth-order valence-corrected chi connectivity index (χ4v) is 2.30. The van der Waals surface area contributed by atoms with Gasteiger partial charge in [0, 0.05) is 5.56 Å². The van der Waals surface area contributed by atoms with Gasteiger partial charge in [0.2, 0.25) is 0 Å². The number of hydrogen-bond acceptors (Lipinski definition) is 3. The molecule has 0 unspecified atom stereocenters. The number of nitrogens with zero attached hydrogens (tertiary/aromatic N) is 2. The quantitative estimate of drug-likeness (QED) is 0.727. The van der Waals surface area contributed by atoms with Gasteiger partial charge in [0.05, 0.1) is 5.69 Å². The molecule has 1 heterocycles. The number of aromatic nitrogens is 2. The zero-order chi connectivity index (χ0) is 11.0. The molecule has 0 saturated heterocycles. The summed E-state index contributed by atoms with van der Waals surface area (Å²) in [7, 11) is 0. The van der Waals surface area contributed by atoms with E-state index in [0.29, 0.717) is 5.82 Å². The summed E-state index contributed by atoms with van der Waals surface area (Å²) < 4.78 is 0. The molecule has 1 aromatic carbocycles. The highest BCUT2D eigenvalue weighted by Gasteiger charge is 2.15. The Labute approximate surface area is 94.3 Å². The van der Waals surface area contributed by atoms with E-state index < -0.39 is 0 Å². The number of anilines is 1. The fraction of sp³-hybridized carbons (Fsp3) is 0.231. The second kappa shape index (κ2) is 3.59. The minimum atomic E-state index is 0.512. The molecule has 3 nitrogen and oxygen atoms in total. The number of benzene rings is 1. The van der Waals surface area contributed by atoms with Gasteiger partial charge in [-0.1, -0.05) is 24.3 Å². The number of aryl methyl sites for hydroxylation is 2. The lowest BCUT2D eigenvalue weighted by Gasteiger charge is -2.07. The molecular weight excluding hydrogens is 198 g/mol. The van der Waals surface area contributed by atoms with Crippen molar-refractivity contribution in [3.8, 4) is 11.3 Å². The van der Waals surface area contributed by atoms with Gasteiger partial charge in [-0.15, -0.1) is 10.2 Å². The van der Waals surface area contributed by atoms with Crippen LogP contribution in [0.2, 0.25) is 0 Å². The van der Waals surface area contributed by atoms with Gasteiger partial charge in [-0.25, -0.2) is 0 Å². The summed E-state index contributed by atoms with van der Waals surface area (Å²) in [5.74, 6) is 0.512. The molecule has 2 aromatic rings. The van der Waals surface area contributed by atoms with Crippen molar-refractivity contribution < 1.29 is 0 Å². The van der Waals surface area contributed by atoms with Crippen LogP contribution in [0.25, 0.3) is 11.3 Å². The molecule has 0 atom stereocenters. The lowest BCUT2D eigenvalue weighted by Crippen LogP contribution is -1.99. The highest BCUT2D eigenvalue weighted by Crippen LogP contribution is 2.30. The van der Waals surface area contributed by atoms with Crippen LogP contribution in [-0.4, -0.2) is 10.2 Å². The van der Waals surface area contributed by atoms with E-state index in [1.807, 2.05) is 12.1 Å². The van der Waals surface area contributed by atoms with Gasteiger partial charge in [-0.05, 0) is 36.5 Å². The number of nitrogen functional groups attached to an aromatic ring is 1. The average Bonchev–Trinajstić information content (AvgIpc) is 2.47. The predicted octanol–water partition coefficient (Wildman–Crippen LogP) is 2.21. The third kappa shape index (κ3) is 1.45. The van der Waals surface area contributed by atoms with Crippen LogP contribution in [0.1, 0.15) is 17.5 Å². The van der Waals surface area contributed by atoms with Gasteiger partial charge in [-0.3, -0.25) is 0 Å². The van der Waals surface area contributed by atoms with Gasteiger partial charge >= 0.3 is 0 Å². The number of hydrogen-bond donors (Lipinski definition) is 1. The third-order valence-electron chi connectivity index (χ3n) is 3.06. The standard InChI is InChI=1S/C13H13N3/c14-12-8-10-6-3-5-9-4-1-2-7-11(9)13(10)16-15-12/h1-2,4,7-8H,3,5-6H2,(H2,14,15). The van der Waals surface area contributed by atoms with Crippen LogP contribution in [0.3, 0.4) is 0 Å². The zero-order valence-electron chi connectivity index (χ0n) is 8.98. The SMILES string of the molecule is Nc1cc2c(nn1)-c1ccccc1CCC2. The van der Waals surface area contributed by atoms with Crippen molar-refractivity contribution in [3.63, 3.8) is 0 Å². The van der Waals surface area contributed by atoms with E-state index in [1.54, 1.807) is 0 Å². The van der Waals surface area contributed by atoms with Gasteiger partial charge in [0.1, 0.15) is 5.82 Å². The first-order chi connectivity index (χ1) is 7.84. The van der Waals surface area contributed by atoms with Crippen LogP contribution >= 0.6 is 0 Å². The molecule has 3 rings (SSSR count). The minimum Gasteiger partial charge on any atom is -0.382 e. The van der Waals surface area contributed by atoms with Gasteiger partial charge in [0.25, 0.3) is 0 Å². The van der Waals surface area contributed by atoms with Crippen LogP contribution in [-0.2, 0) is 12.8 Å². The van der Waals surface area contributed by atoms with Crippen molar-refractivity contribution in [2.75, 3.05) is 5.73 Å². The van der Waals surface area contributed by atoms with E-state index in [1.165, 1.54) is 16.7 Å². The number of nitrogens with two attached hydrogens (primary N) is 1. The third-order valence-corrected chi connectivity index (χ3v) is 3.06. The van der Waals surface area contributed by atoms with Crippen LogP contribution in [0.15, 0.2) is 30.3 Å². The zero-order valence-corrected chi connectivity index (χ0v) is 8.98. The first-order valence-corrected chi connectivity index (χ1v) is 5.55. The summed E-state index contributed by atoms with van der Waals surface area (Å²) in [4.78, 5) is 0. The van der Waals surface area contributed by atoms with E-state index in [0.717, 1.165) is 25.0 Å². The molecule has 0 amide bonds. The normalized spacial score (nSPS) is 13.8. The maximum atomic E-state index is 5.68. The molecule has 0 fully saturated rings. The molecule has 1 aliphatic rings. The van der Waals surface area contributed by atoms with Crippen molar-refractivity contribution in [1.82, 2.24) is 10.2 Å². The minimum absolute atomic E-state index is 0.512. The smallest absolute Gasteiger partial charge is 0.146 e. The average molecular weight is 211 g/mol. The van der Waals surface area contributed by atoms with Crippen LogP contribution in [0.5, 0.6) is 0 Å². The van der Waals surface area contributed by atoms with E-state index in [2.05, 4.69) is 28.4 Å². The van der Waals surface area contributed by atoms with Crippen molar-refractivity contribution in [2.45, 2.75) is 19.3 Å². The van der Waals surface area contributed by atoms with Crippen molar-refractivity contribution >= 4 is 5.82 Å². The molecule has 1 aliphatic carbocycles.